The lowest BCUT2D eigenvalue weighted by molar-refractivity contribution is 0.163. The predicted octanol–water partition coefficient (Wildman–Crippen LogP) is 3.20. The van der Waals surface area contributed by atoms with Crippen LogP contribution in [0.25, 0.3) is 0 Å². The van der Waals surface area contributed by atoms with Gasteiger partial charge in [0.05, 0.1) is 12.1 Å². The van der Waals surface area contributed by atoms with E-state index >= 15 is 0 Å². The quantitative estimate of drug-likeness (QED) is 0.862. The van der Waals surface area contributed by atoms with E-state index in [0.29, 0.717) is 10.4 Å². The van der Waals surface area contributed by atoms with Crippen LogP contribution in [-0.4, -0.2) is 20.2 Å². The molecule has 0 unspecified atom stereocenters. The van der Waals surface area contributed by atoms with Crippen molar-refractivity contribution in [3.63, 3.8) is 0 Å². The number of benzene rings is 1. The standard InChI is InChI=1S/C14H21ClN2O/c1-10-6-13(18-2)11(15)7-12(10)17-9-14(8-16)4-3-5-14/h6-7,17H,3-5,8-9,16H2,1-2H3. The molecule has 0 heterocycles. The van der Waals surface area contributed by atoms with Gasteiger partial charge in [0.1, 0.15) is 5.75 Å². The number of ether oxygens (including phenoxy) is 1. The summed E-state index contributed by atoms with van der Waals surface area (Å²) in [6.45, 7) is 3.73. The number of nitrogens with one attached hydrogen (secondary N) is 1. The van der Waals surface area contributed by atoms with Crippen LogP contribution in [0.4, 0.5) is 5.69 Å². The molecule has 1 aliphatic carbocycles. The van der Waals surface area contributed by atoms with Gasteiger partial charge in [0.15, 0.2) is 0 Å². The lowest BCUT2D eigenvalue weighted by Gasteiger charge is -2.41. The lowest BCUT2D eigenvalue weighted by Crippen LogP contribution is -2.43. The van der Waals surface area contributed by atoms with Gasteiger partial charge in [0.25, 0.3) is 0 Å². The number of anilines is 1. The Morgan fingerprint density at radius 2 is 2.17 bits per heavy atom. The minimum atomic E-state index is 0.291. The second-order valence-electron chi connectivity index (χ2n) is 5.21. The molecule has 0 aromatic heterocycles. The molecule has 0 radical (unpaired) electrons. The van der Waals surface area contributed by atoms with Crippen molar-refractivity contribution in [3.05, 3.63) is 22.7 Å². The summed E-state index contributed by atoms with van der Waals surface area (Å²) >= 11 is 6.14. The van der Waals surface area contributed by atoms with Crippen LogP contribution < -0.4 is 15.8 Å². The highest BCUT2D eigenvalue weighted by Crippen LogP contribution is 2.40. The van der Waals surface area contributed by atoms with E-state index in [1.54, 1.807) is 7.11 Å². The number of nitrogens with two attached hydrogens (primary N) is 1. The van der Waals surface area contributed by atoms with Gasteiger partial charge in [-0.1, -0.05) is 18.0 Å². The highest BCUT2D eigenvalue weighted by Gasteiger charge is 2.35. The van der Waals surface area contributed by atoms with Gasteiger partial charge < -0.3 is 15.8 Å². The Morgan fingerprint density at radius 1 is 1.44 bits per heavy atom. The molecule has 1 aliphatic rings. The molecular weight excluding hydrogens is 248 g/mol. The fraction of sp³-hybridized carbons (Fsp3) is 0.571. The zero-order chi connectivity index (χ0) is 13.2. The van der Waals surface area contributed by atoms with Crippen LogP contribution in [-0.2, 0) is 0 Å². The summed E-state index contributed by atoms with van der Waals surface area (Å²) in [5, 5.41) is 4.12. The minimum Gasteiger partial charge on any atom is -0.495 e. The van der Waals surface area contributed by atoms with Gasteiger partial charge in [0.2, 0.25) is 0 Å². The molecule has 0 atom stereocenters. The summed E-state index contributed by atoms with van der Waals surface area (Å²) in [5.74, 6) is 0.719. The molecule has 1 aromatic carbocycles. The molecule has 3 N–H and O–H groups in total. The van der Waals surface area contributed by atoms with Crippen LogP contribution in [0.2, 0.25) is 5.02 Å². The van der Waals surface area contributed by atoms with Crippen molar-refractivity contribution in [2.45, 2.75) is 26.2 Å². The van der Waals surface area contributed by atoms with Crippen LogP contribution in [0, 0.1) is 12.3 Å². The van der Waals surface area contributed by atoms with Gasteiger partial charge >= 0.3 is 0 Å². The molecule has 1 aromatic rings. The molecule has 1 saturated carbocycles. The van der Waals surface area contributed by atoms with Crippen molar-refractivity contribution in [1.29, 1.82) is 0 Å². The molecule has 0 aliphatic heterocycles. The zero-order valence-electron chi connectivity index (χ0n) is 11.1. The number of rotatable bonds is 5. The molecule has 3 nitrogen and oxygen atoms in total. The number of methoxy groups -OCH3 is 1. The fourth-order valence-electron chi connectivity index (χ4n) is 2.41. The average molecular weight is 269 g/mol. The van der Waals surface area contributed by atoms with Gasteiger partial charge in [-0.05, 0) is 49.4 Å². The Hall–Kier alpha value is -0.930. The molecule has 0 bridgehead atoms. The molecule has 4 heteroatoms. The van der Waals surface area contributed by atoms with E-state index in [0.717, 1.165) is 30.1 Å². The number of aryl methyl sites for hydroxylation is 1. The van der Waals surface area contributed by atoms with Gasteiger partial charge in [-0.2, -0.15) is 0 Å². The van der Waals surface area contributed by atoms with E-state index < -0.39 is 0 Å². The first-order valence-corrected chi connectivity index (χ1v) is 6.76. The van der Waals surface area contributed by atoms with Crippen LogP contribution in [0.5, 0.6) is 5.75 Å². The lowest BCUT2D eigenvalue weighted by atomic mass is 9.69. The molecular formula is C14H21ClN2O. The molecule has 1 fully saturated rings. The molecule has 2 rings (SSSR count). The molecule has 100 valence electrons. The van der Waals surface area contributed by atoms with E-state index in [2.05, 4.69) is 12.2 Å². The maximum Gasteiger partial charge on any atom is 0.137 e. The molecule has 0 saturated heterocycles. The first-order chi connectivity index (χ1) is 8.60. The van der Waals surface area contributed by atoms with Crippen molar-refractivity contribution < 1.29 is 4.74 Å². The number of halogens is 1. The van der Waals surface area contributed by atoms with Crippen LogP contribution in [0.3, 0.4) is 0 Å². The number of hydrogen-bond donors (Lipinski definition) is 2. The maximum atomic E-state index is 6.14. The first-order valence-electron chi connectivity index (χ1n) is 6.38. The van der Waals surface area contributed by atoms with Gasteiger partial charge in [-0.15, -0.1) is 0 Å². The molecule has 18 heavy (non-hydrogen) atoms. The van der Waals surface area contributed by atoms with E-state index in [9.17, 15) is 0 Å². The summed E-state index contributed by atoms with van der Waals surface area (Å²) in [6.07, 6.45) is 3.74. The van der Waals surface area contributed by atoms with E-state index in [1.807, 2.05) is 12.1 Å². The third kappa shape index (κ3) is 2.57. The normalized spacial score (nSPS) is 17.1. The summed E-state index contributed by atoms with van der Waals surface area (Å²) in [5.41, 5.74) is 8.36. The minimum absolute atomic E-state index is 0.291. The Bertz CT molecular complexity index is 425. The zero-order valence-corrected chi connectivity index (χ0v) is 11.8. The van der Waals surface area contributed by atoms with Crippen molar-refractivity contribution >= 4 is 17.3 Å². The summed E-state index contributed by atoms with van der Waals surface area (Å²) in [4.78, 5) is 0. The summed E-state index contributed by atoms with van der Waals surface area (Å²) in [7, 11) is 1.63. The van der Waals surface area contributed by atoms with Crippen molar-refractivity contribution in [3.8, 4) is 5.75 Å². The Kier molecular flexibility index (Phi) is 4.03. The van der Waals surface area contributed by atoms with Crippen molar-refractivity contribution in [1.82, 2.24) is 0 Å². The Balaban J connectivity index is 2.07. The van der Waals surface area contributed by atoms with Gasteiger partial charge in [-0.3, -0.25) is 0 Å². The Labute approximate surface area is 114 Å². The third-order valence-corrected chi connectivity index (χ3v) is 4.30. The van der Waals surface area contributed by atoms with Crippen LogP contribution in [0.15, 0.2) is 12.1 Å². The topological polar surface area (TPSA) is 47.3 Å². The van der Waals surface area contributed by atoms with E-state index in [1.165, 1.54) is 19.3 Å². The second-order valence-corrected chi connectivity index (χ2v) is 5.62. The Morgan fingerprint density at radius 3 is 2.67 bits per heavy atom. The van der Waals surface area contributed by atoms with E-state index in [4.69, 9.17) is 22.1 Å². The molecule has 0 amide bonds. The molecule has 0 spiro atoms. The van der Waals surface area contributed by atoms with Gasteiger partial charge in [-0.25, -0.2) is 0 Å². The summed E-state index contributed by atoms with van der Waals surface area (Å²) in [6, 6.07) is 3.89. The fourth-order valence-corrected chi connectivity index (χ4v) is 2.66. The van der Waals surface area contributed by atoms with Crippen molar-refractivity contribution in [2.75, 3.05) is 25.5 Å². The number of hydrogen-bond acceptors (Lipinski definition) is 3. The highest BCUT2D eigenvalue weighted by atomic mass is 35.5. The van der Waals surface area contributed by atoms with Crippen LogP contribution in [0.1, 0.15) is 24.8 Å². The SMILES string of the molecule is COc1cc(C)c(NCC2(CN)CCC2)cc1Cl. The first kappa shape index (κ1) is 13.5. The monoisotopic (exact) mass is 268 g/mol. The average Bonchev–Trinajstić information content (AvgIpc) is 2.32. The van der Waals surface area contributed by atoms with Gasteiger partial charge in [0, 0.05) is 12.2 Å². The highest BCUT2D eigenvalue weighted by molar-refractivity contribution is 6.32. The van der Waals surface area contributed by atoms with E-state index in [-0.39, 0.29) is 0 Å². The smallest absolute Gasteiger partial charge is 0.137 e. The largest absolute Gasteiger partial charge is 0.495 e. The third-order valence-electron chi connectivity index (χ3n) is 4.00. The predicted molar refractivity (Wildman–Crippen MR) is 76.6 cm³/mol. The van der Waals surface area contributed by atoms with Crippen LogP contribution >= 0.6 is 11.6 Å². The summed E-state index contributed by atoms with van der Waals surface area (Å²) < 4.78 is 5.20. The second kappa shape index (κ2) is 5.37. The van der Waals surface area contributed by atoms with Crippen molar-refractivity contribution in [2.24, 2.45) is 11.1 Å². The maximum absolute atomic E-state index is 6.14.